The van der Waals surface area contributed by atoms with E-state index in [9.17, 15) is 0 Å². The smallest absolute Gasteiger partial charge is 0.0593 e. The van der Waals surface area contributed by atoms with Crippen LogP contribution in [0.25, 0.3) is 0 Å². The lowest BCUT2D eigenvalue weighted by atomic mass is 9.94. The molecule has 2 rings (SSSR count). The largest absolute Gasteiger partial charge is 0.380 e. The average Bonchev–Trinajstić information content (AvgIpc) is 3.08. The molecule has 0 aromatic heterocycles. The van der Waals surface area contributed by atoms with Gasteiger partial charge in [0.05, 0.1) is 6.61 Å². The summed E-state index contributed by atoms with van der Waals surface area (Å²) in [7, 11) is 2.21. The number of piperidine rings is 1. The normalized spacial score (nSPS) is 29.8. The first-order valence-corrected chi connectivity index (χ1v) is 7.23. The zero-order valence-corrected chi connectivity index (χ0v) is 11.5. The number of ether oxygens (including phenoxy) is 1. The Kier molecular flexibility index (Phi) is 5.26. The van der Waals surface area contributed by atoms with Crippen LogP contribution < -0.4 is 5.32 Å². The summed E-state index contributed by atoms with van der Waals surface area (Å²) in [5.41, 5.74) is 0. The van der Waals surface area contributed by atoms with Crippen molar-refractivity contribution in [2.75, 3.05) is 39.9 Å². The molecule has 0 aromatic rings. The molecule has 0 bridgehead atoms. The fourth-order valence-electron chi connectivity index (χ4n) is 2.58. The number of nitrogens with one attached hydrogen (secondary N) is 1. The van der Waals surface area contributed by atoms with E-state index in [1.165, 1.54) is 32.2 Å². The second-order valence-electron chi connectivity index (χ2n) is 6.06. The lowest BCUT2D eigenvalue weighted by Crippen LogP contribution is -2.45. The molecule has 100 valence electrons. The van der Waals surface area contributed by atoms with Gasteiger partial charge in [0.2, 0.25) is 0 Å². The van der Waals surface area contributed by atoms with E-state index >= 15 is 0 Å². The second-order valence-corrected chi connectivity index (χ2v) is 6.06. The van der Waals surface area contributed by atoms with Gasteiger partial charge in [0, 0.05) is 25.7 Å². The highest BCUT2D eigenvalue weighted by Gasteiger charge is 2.21. The lowest BCUT2D eigenvalue weighted by Gasteiger charge is -2.31. The van der Waals surface area contributed by atoms with E-state index in [0.717, 1.165) is 38.1 Å². The molecule has 0 amide bonds. The van der Waals surface area contributed by atoms with Gasteiger partial charge in [-0.25, -0.2) is 0 Å². The van der Waals surface area contributed by atoms with Gasteiger partial charge in [-0.05, 0) is 51.1 Å². The van der Waals surface area contributed by atoms with E-state index < -0.39 is 0 Å². The van der Waals surface area contributed by atoms with Crippen molar-refractivity contribution in [2.24, 2.45) is 11.8 Å². The van der Waals surface area contributed by atoms with Gasteiger partial charge in [-0.1, -0.05) is 6.92 Å². The van der Waals surface area contributed by atoms with Crippen molar-refractivity contribution in [1.82, 2.24) is 10.2 Å². The van der Waals surface area contributed by atoms with E-state index in [1.807, 2.05) is 0 Å². The molecule has 0 spiro atoms. The zero-order chi connectivity index (χ0) is 12.1. The number of likely N-dealkylation sites (N-methyl/N-ethyl adjacent to an activating group) is 1. The van der Waals surface area contributed by atoms with Crippen LogP contribution in [-0.2, 0) is 4.74 Å². The zero-order valence-electron chi connectivity index (χ0n) is 11.5. The highest BCUT2D eigenvalue weighted by molar-refractivity contribution is 4.78. The summed E-state index contributed by atoms with van der Waals surface area (Å²) >= 11 is 0. The first-order valence-electron chi connectivity index (χ1n) is 7.23. The van der Waals surface area contributed by atoms with Gasteiger partial charge in [0.15, 0.2) is 0 Å². The third-order valence-corrected chi connectivity index (χ3v) is 3.96. The van der Waals surface area contributed by atoms with Crippen molar-refractivity contribution in [3.63, 3.8) is 0 Å². The van der Waals surface area contributed by atoms with Crippen LogP contribution in [0.5, 0.6) is 0 Å². The summed E-state index contributed by atoms with van der Waals surface area (Å²) in [6.45, 7) is 7.68. The molecule has 3 heteroatoms. The Labute approximate surface area is 106 Å². The number of hydrogen-bond acceptors (Lipinski definition) is 3. The highest BCUT2D eigenvalue weighted by Crippen LogP contribution is 2.28. The van der Waals surface area contributed by atoms with Crippen LogP contribution in [0.2, 0.25) is 0 Å². The molecule has 0 aromatic carbocycles. The molecule has 1 heterocycles. The Bertz CT molecular complexity index is 218. The monoisotopic (exact) mass is 240 g/mol. The van der Waals surface area contributed by atoms with Crippen LogP contribution in [-0.4, -0.2) is 50.8 Å². The Balaban J connectivity index is 1.51. The number of nitrogens with zero attached hydrogens (tertiary/aromatic N) is 1. The minimum absolute atomic E-state index is 0.687. The maximum absolute atomic E-state index is 5.68. The summed E-state index contributed by atoms with van der Waals surface area (Å²) in [5, 5.41) is 3.62. The van der Waals surface area contributed by atoms with E-state index in [1.54, 1.807) is 0 Å². The van der Waals surface area contributed by atoms with Crippen LogP contribution in [0, 0.1) is 11.8 Å². The minimum Gasteiger partial charge on any atom is -0.380 e. The third-order valence-electron chi connectivity index (χ3n) is 3.96. The average molecular weight is 240 g/mol. The standard InChI is InChI=1S/C14H28N2O/c1-12-5-6-15-14(9-12)10-16(2)7-8-17-11-13-3-4-13/h12-15H,3-11H2,1-2H3. The summed E-state index contributed by atoms with van der Waals surface area (Å²) < 4.78 is 5.68. The second kappa shape index (κ2) is 6.72. The summed E-state index contributed by atoms with van der Waals surface area (Å²) in [6.07, 6.45) is 5.44. The molecule has 17 heavy (non-hydrogen) atoms. The predicted molar refractivity (Wildman–Crippen MR) is 71.2 cm³/mol. The quantitative estimate of drug-likeness (QED) is 0.686. The van der Waals surface area contributed by atoms with Crippen molar-refractivity contribution >= 4 is 0 Å². The molecule has 2 fully saturated rings. The van der Waals surface area contributed by atoms with Gasteiger partial charge in [-0.2, -0.15) is 0 Å². The van der Waals surface area contributed by atoms with E-state index in [4.69, 9.17) is 4.74 Å². The van der Waals surface area contributed by atoms with Gasteiger partial charge in [-0.3, -0.25) is 0 Å². The number of hydrogen-bond donors (Lipinski definition) is 1. The molecular weight excluding hydrogens is 212 g/mol. The number of rotatable bonds is 7. The summed E-state index contributed by atoms with van der Waals surface area (Å²) in [4.78, 5) is 2.41. The fraction of sp³-hybridized carbons (Fsp3) is 1.00. The first kappa shape index (κ1) is 13.3. The van der Waals surface area contributed by atoms with Gasteiger partial charge < -0.3 is 15.0 Å². The van der Waals surface area contributed by atoms with Crippen molar-refractivity contribution < 1.29 is 4.74 Å². The van der Waals surface area contributed by atoms with Crippen LogP contribution >= 0.6 is 0 Å². The molecule has 2 atom stereocenters. The van der Waals surface area contributed by atoms with Crippen LogP contribution in [0.3, 0.4) is 0 Å². The fourth-order valence-corrected chi connectivity index (χ4v) is 2.58. The summed E-state index contributed by atoms with van der Waals surface area (Å²) in [6, 6.07) is 0.687. The predicted octanol–water partition coefficient (Wildman–Crippen LogP) is 1.73. The minimum atomic E-state index is 0.687. The molecule has 3 nitrogen and oxygen atoms in total. The van der Waals surface area contributed by atoms with Gasteiger partial charge in [0.25, 0.3) is 0 Å². The molecular formula is C14H28N2O. The summed E-state index contributed by atoms with van der Waals surface area (Å²) in [5.74, 6) is 1.78. The van der Waals surface area contributed by atoms with Gasteiger partial charge >= 0.3 is 0 Å². The van der Waals surface area contributed by atoms with Crippen molar-refractivity contribution in [2.45, 2.75) is 38.6 Å². The van der Waals surface area contributed by atoms with Crippen molar-refractivity contribution in [3.8, 4) is 0 Å². The molecule has 2 unspecified atom stereocenters. The first-order chi connectivity index (χ1) is 8.24. The molecule has 2 aliphatic rings. The van der Waals surface area contributed by atoms with E-state index in [-0.39, 0.29) is 0 Å². The molecule has 1 saturated carbocycles. The third kappa shape index (κ3) is 5.36. The Morgan fingerprint density at radius 1 is 1.29 bits per heavy atom. The van der Waals surface area contributed by atoms with Crippen LogP contribution in [0.1, 0.15) is 32.6 Å². The van der Waals surface area contributed by atoms with Gasteiger partial charge in [-0.15, -0.1) is 0 Å². The van der Waals surface area contributed by atoms with E-state index in [2.05, 4.69) is 24.2 Å². The topological polar surface area (TPSA) is 24.5 Å². The maximum atomic E-state index is 5.68. The molecule has 1 saturated heterocycles. The Morgan fingerprint density at radius 2 is 2.12 bits per heavy atom. The van der Waals surface area contributed by atoms with E-state index in [0.29, 0.717) is 6.04 Å². The maximum Gasteiger partial charge on any atom is 0.0593 e. The SMILES string of the molecule is CC1CCNC(CN(C)CCOCC2CC2)C1. The molecule has 1 aliphatic carbocycles. The Morgan fingerprint density at radius 3 is 2.82 bits per heavy atom. The van der Waals surface area contributed by atoms with Crippen LogP contribution in [0.15, 0.2) is 0 Å². The van der Waals surface area contributed by atoms with Crippen molar-refractivity contribution in [1.29, 1.82) is 0 Å². The lowest BCUT2D eigenvalue weighted by molar-refractivity contribution is 0.0985. The molecule has 0 radical (unpaired) electrons. The van der Waals surface area contributed by atoms with Crippen molar-refractivity contribution in [3.05, 3.63) is 0 Å². The van der Waals surface area contributed by atoms with Gasteiger partial charge in [0.1, 0.15) is 0 Å². The van der Waals surface area contributed by atoms with Crippen LogP contribution in [0.4, 0.5) is 0 Å². The molecule has 1 N–H and O–H groups in total. The molecule has 1 aliphatic heterocycles. The Hall–Kier alpha value is -0.120. The highest BCUT2D eigenvalue weighted by atomic mass is 16.5.